The highest BCUT2D eigenvalue weighted by Crippen LogP contribution is 2.17. The van der Waals surface area contributed by atoms with Gasteiger partial charge in [0.25, 0.3) is 0 Å². The minimum atomic E-state index is -0.356. The van der Waals surface area contributed by atoms with Crippen molar-refractivity contribution in [3.05, 3.63) is 33.7 Å². The second kappa shape index (κ2) is 6.81. The lowest BCUT2D eigenvalue weighted by Gasteiger charge is -2.14. The van der Waals surface area contributed by atoms with Crippen molar-refractivity contribution in [3.63, 3.8) is 0 Å². The van der Waals surface area contributed by atoms with Gasteiger partial charge in [-0.3, -0.25) is 10.1 Å². The Labute approximate surface area is 129 Å². The van der Waals surface area contributed by atoms with E-state index in [0.29, 0.717) is 5.13 Å². The van der Waals surface area contributed by atoms with Gasteiger partial charge in [0, 0.05) is 10.2 Å². The molecule has 0 radical (unpaired) electrons. The molecule has 2 N–H and O–H groups in total. The van der Waals surface area contributed by atoms with Crippen LogP contribution >= 0.6 is 27.3 Å². The molecule has 1 aromatic carbocycles. The van der Waals surface area contributed by atoms with Crippen LogP contribution < -0.4 is 10.6 Å². The molecule has 106 valence electrons. The summed E-state index contributed by atoms with van der Waals surface area (Å²) in [6.07, 6.45) is 0.820. The molecule has 1 aromatic heterocycles. The molecule has 0 aliphatic carbocycles. The van der Waals surface area contributed by atoms with Crippen LogP contribution in [0.2, 0.25) is 0 Å². The zero-order valence-electron chi connectivity index (χ0n) is 11.2. The first-order chi connectivity index (χ1) is 9.58. The first-order valence-electron chi connectivity index (χ1n) is 6.24. The molecule has 1 heterocycles. The average Bonchev–Trinajstić information content (AvgIpc) is 2.89. The summed E-state index contributed by atoms with van der Waals surface area (Å²) in [5.74, 6) is -0.133. The third-order valence-electron chi connectivity index (χ3n) is 2.62. The Morgan fingerprint density at radius 3 is 2.65 bits per heavy atom. The smallest absolute Gasteiger partial charge is 0.248 e. The molecule has 0 spiro atoms. The Kier molecular flexibility index (Phi) is 5.08. The van der Waals surface area contributed by atoms with Gasteiger partial charge in [0.2, 0.25) is 11.0 Å². The summed E-state index contributed by atoms with van der Waals surface area (Å²) in [5.41, 5.74) is 0.891. The Bertz CT molecular complexity index is 584. The number of carbonyl (C=O) groups is 1. The van der Waals surface area contributed by atoms with Crippen molar-refractivity contribution in [2.24, 2.45) is 0 Å². The highest BCUT2D eigenvalue weighted by molar-refractivity contribution is 9.10. The Hall–Kier alpha value is -1.47. The molecule has 2 aromatic rings. The number of nitrogens with one attached hydrogen (secondary N) is 2. The largest absolute Gasteiger partial charge is 0.374 e. The summed E-state index contributed by atoms with van der Waals surface area (Å²) in [5, 5.41) is 15.2. The molecule has 0 aliphatic rings. The molecule has 0 saturated heterocycles. The number of halogens is 1. The normalized spacial score (nSPS) is 11.9. The molecule has 0 fully saturated rings. The van der Waals surface area contributed by atoms with Gasteiger partial charge in [-0.25, -0.2) is 0 Å². The van der Waals surface area contributed by atoms with E-state index in [1.807, 2.05) is 31.2 Å². The molecule has 1 atom stereocenters. The minimum absolute atomic E-state index is 0.133. The van der Waals surface area contributed by atoms with Crippen LogP contribution in [0.3, 0.4) is 0 Å². The van der Waals surface area contributed by atoms with E-state index in [2.05, 4.69) is 36.8 Å². The number of hydrogen-bond acceptors (Lipinski definition) is 5. The maximum atomic E-state index is 12.0. The number of hydrogen-bond donors (Lipinski definition) is 2. The van der Waals surface area contributed by atoms with Gasteiger partial charge < -0.3 is 5.32 Å². The van der Waals surface area contributed by atoms with E-state index in [-0.39, 0.29) is 11.9 Å². The molecule has 0 aliphatic heterocycles. The van der Waals surface area contributed by atoms with E-state index in [0.717, 1.165) is 21.6 Å². The van der Waals surface area contributed by atoms with Gasteiger partial charge in [-0.15, -0.1) is 10.2 Å². The van der Waals surface area contributed by atoms with Crippen LogP contribution in [0.15, 0.2) is 28.7 Å². The molecule has 20 heavy (non-hydrogen) atoms. The zero-order chi connectivity index (χ0) is 14.5. The van der Waals surface area contributed by atoms with Crippen LogP contribution in [0.5, 0.6) is 0 Å². The molecule has 5 nitrogen and oxygen atoms in total. The van der Waals surface area contributed by atoms with Crippen LogP contribution in [0.25, 0.3) is 0 Å². The zero-order valence-corrected chi connectivity index (χ0v) is 13.6. The molecule has 1 amide bonds. The van der Waals surface area contributed by atoms with Gasteiger partial charge in [-0.05, 0) is 37.6 Å². The van der Waals surface area contributed by atoms with Crippen molar-refractivity contribution >= 4 is 44.0 Å². The van der Waals surface area contributed by atoms with Crippen LogP contribution in [0.4, 0.5) is 10.8 Å². The van der Waals surface area contributed by atoms with E-state index in [4.69, 9.17) is 0 Å². The summed E-state index contributed by atoms with van der Waals surface area (Å²) in [6.45, 7) is 3.81. The third kappa shape index (κ3) is 4.01. The van der Waals surface area contributed by atoms with Gasteiger partial charge in [0.05, 0.1) is 0 Å². The molecular formula is C13H15BrN4OS. The van der Waals surface area contributed by atoms with Gasteiger partial charge in [0.1, 0.15) is 11.0 Å². The fraction of sp³-hybridized carbons (Fsp3) is 0.308. The van der Waals surface area contributed by atoms with Crippen LogP contribution in [0.1, 0.15) is 18.9 Å². The van der Waals surface area contributed by atoms with Crippen molar-refractivity contribution in [2.75, 3.05) is 10.6 Å². The molecule has 7 heteroatoms. The van der Waals surface area contributed by atoms with Gasteiger partial charge >= 0.3 is 0 Å². The third-order valence-corrected chi connectivity index (χ3v) is 4.13. The second-order valence-electron chi connectivity index (χ2n) is 4.22. The van der Waals surface area contributed by atoms with E-state index < -0.39 is 0 Å². The first-order valence-corrected chi connectivity index (χ1v) is 7.84. The number of aryl methyl sites for hydroxylation is 1. The standard InChI is InChI=1S/C13H15BrN4OS/c1-3-11-17-18-13(20-11)16-12(19)8(2)15-10-6-4-9(14)5-7-10/h4-8,15H,3H2,1-2H3,(H,16,18,19)/t8-/m0/s1. The summed E-state index contributed by atoms with van der Waals surface area (Å²) >= 11 is 4.77. The van der Waals surface area contributed by atoms with Crippen molar-refractivity contribution in [3.8, 4) is 0 Å². The molecule has 0 saturated carbocycles. The van der Waals surface area contributed by atoms with E-state index in [1.54, 1.807) is 6.92 Å². The van der Waals surface area contributed by atoms with Crippen LogP contribution in [-0.4, -0.2) is 22.1 Å². The number of nitrogens with zero attached hydrogens (tertiary/aromatic N) is 2. The van der Waals surface area contributed by atoms with Crippen molar-refractivity contribution in [2.45, 2.75) is 26.3 Å². The van der Waals surface area contributed by atoms with Crippen molar-refractivity contribution < 1.29 is 4.79 Å². The number of benzene rings is 1. The summed E-state index contributed by atoms with van der Waals surface area (Å²) < 4.78 is 1.00. The summed E-state index contributed by atoms with van der Waals surface area (Å²) in [4.78, 5) is 12.0. The number of anilines is 2. The molecule has 2 rings (SSSR count). The van der Waals surface area contributed by atoms with E-state index >= 15 is 0 Å². The number of aromatic nitrogens is 2. The van der Waals surface area contributed by atoms with E-state index in [9.17, 15) is 4.79 Å². The highest BCUT2D eigenvalue weighted by atomic mass is 79.9. The molecular weight excluding hydrogens is 340 g/mol. The maximum absolute atomic E-state index is 12.0. The lowest BCUT2D eigenvalue weighted by Crippen LogP contribution is -2.31. The predicted molar refractivity (Wildman–Crippen MR) is 85.1 cm³/mol. The van der Waals surface area contributed by atoms with Crippen molar-refractivity contribution in [1.29, 1.82) is 0 Å². The molecule has 0 bridgehead atoms. The monoisotopic (exact) mass is 354 g/mol. The Balaban J connectivity index is 1.93. The lowest BCUT2D eigenvalue weighted by molar-refractivity contribution is -0.116. The minimum Gasteiger partial charge on any atom is -0.374 e. The topological polar surface area (TPSA) is 66.9 Å². The first kappa shape index (κ1) is 14.9. The quantitative estimate of drug-likeness (QED) is 0.864. The fourth-order valence-corrected chi connectivity index (χ4v) is 2.47. The number of carbonyl (C=O) groups excluding carboxylic acids is 1. The average molecular weight is 355 g/mol. The Morgan fingerprint density at radius 2 is 2.05 bits per heavy atom. The van der Waals surface area contributed by atoms with E-state index in [1.165, 1.54) is 11.3 Å². The maximum Gasteiger partial charge on any atom is 0.248 e. The number of rotatable bonds is 5. The second-order valence-corrected chi connectivity index (χ2v) is 6.19. The van der Waals surface area contributed by atoms with Crippen LogP contribution in [0, 0.1) is 0 Å². The van der Waals surface area contributed by atoms with Crippen LogP contribution in [-0.2, 0) is 11.2 Å². The lowest BCUT2D eigenvalue weighted by atomic mass is 10.2. The summed E-state index contributed by atoms with van der Waals surface area (Å²) in [6, 6.07) is 7.31. The predicted octanol–water partition coefficient (Wildman–Crippen LogP) is 3.30. The Morgan fingerprint density at radius 1 is 1.35 bits per heavy atom. The van der Waals surface area contributed by atoms with Crippen molar-refractivity contribution in [1.82, 2.24) is 10.2 Å². The highest BCUT2D eigenvalue weighted by Gasteiger charge is 2.14. The number of amides is 1. The van der Waals surface area contributed by atoms with Gasteiger partial charge in [-0.2, -0.15) is 0 Å². The molecule has 0 unspecified atom stereocenters. The SMILES string of the molecule is CCc1nnc(NC(=O)[C@H](C)Nc2ccc(Br)cc2)s1. The summed E-state index contributed by atoms with van der Waals surface area (Å²) in [7, 11) is 0. The fourth-order valence-electron chi connectivity index (χ4n) is 1.52. The van der Waals surface area contributed by atoms with Gasteiger partial charge in [-0.1, -0.05) is 34.2 Å². The van der Waals surface area contributed by atoms with Gasteiger partial charge in [0.15, 0.2) is 0 Å².